The van der Waals surface area contributed by atoms with Gasteiger partial charge in [0.1, 0.15) is 0 Å². The van der Waals surface area contributed by atoms with Crippen molar-refractivity contribution in [3.8, 4) is 0 Å². The van der Waals surface area contributed by atoms with Crippen LogP contribution in [0.4, 0.5) is 0 Å². The number of carbonyl (C=O) groups excluding carboxylic acids is 2. The van der Waals surface area contributed by atoms with Crippen molar-refractivity contribution in [3.05, 3.63) is 71.8 Å². The van der Waals surface area contributed by atoms with E-state index in [-0.39, 0.29) is 27.8 Å². The summed E-state index contributed by atoms with van der Waals surface area (Å²) in [5.41, 5.74) is 12.4. The molecule has 0 amide bonds. The van der Waals surface area contributed by atoms with Gasteiger partial charge in [-0.3, -0.25) is 0 Å². The average molecular weight is 451 g/mol. The second-order valence-electron chi connectivity index (χ2n) is 5.23. The van der Waals surface area contributed by atoms with E-state index < -0.39 is 24.0 Å². The Kier molecular flexibility index (Phi) is 14.3. The van der Waals surface area contributed by atoms with Gasteiger partial charge in [-0.1, -0.05) is 68.1 Å². The van der Waals surface area contributed by atoms with Crippen molar-refractivity contribution >= 4 is 11.9 Å². The maximum atomic E-state index is 10.3. The summed E-state index contributed by atoms with van der Waals surface area (Å²) < 4.78 is 0. The zero-order valence-corrected chi connectivity index (χ0v) is 15.0. The number of carboxylic acid groups (broad SMARTS) is 2. The molecule has 0 unspecified atom stereocenters. The fraction of sp³-hybridized carbons (Fsp3) is 0.263. The SMILES string of the molecule is C.N[C@@H](Cc1ccccc1)C(=O)[O-].N[C@@H](Cc1ccccc1)C(=O)[O-].[Pd+2]. The molecule has 0 bridgehead atoms. The van der Waals surface area contributed by atoms with Crippen molar-refractivity contribution in [3.63, 3.8) is 0 Å². The Morgan fingerprint density at radius 2 is 1.00 bits per heavy atom. The van der Waals surface area contributed by atoms with Crippen LogP contribution < -0.4 is 21.7 Å². The standard InChI is InChI=1S/2C9H11NO2.CH4.Pd/c2*10-8(9(11)12)6-7-4-2-1-3-5-7;;/h2*1-5,8H,6,10H2,(H,11,12);1H4;/q;;;+2/p-2/t2*8-;;/m00../s1. The van der Waals surface area contributed by atoms with Gasteiger partial charge in [-0.25, -0.2) is 0 Å². The summed E-state index contributed by atoms with van der Waals surface area (Å²) in [5, 5.41) is 20.5. The maximum absolute atomic E-state index is 10.3. The molecule has 0 fully saturated rings. The monoisotopic (exact) mass is 450 g/mol. The summed E-state index contributed by atoms with van der Waals surface area (Å²) in [5.74, 6) is -2.42. The largest absolute Gasteiger partial charge is 2.00 e. The van der Waals surface area contributed by atoms with Crippen molar-refractivity contribution in [1.29, 1.82) is 0 Å². The van der Waals surface area contributed by atoms with Crippen molar-refractivity contribution in [2.45, 2.75) is 32.4 Å². The Labute approximate surface area is 167 Å². The molecule has 0 spiro atoms. The molecule has 4 N–H and O–H groups in total. The van der Waals surface area contributed by atoms with Gasteiger partial charge in [0.25, 0.3) is 0 Å². The average Bonchev–Trinajstić information content (AvgIpc) is 2.57. The van der Waals surface area contributed by atoms with Crippen LogP contribution in [0.2, 0.25) is 0 Å². The number of hydrogen-bond donors (Lipinski definition) is 2. The van der Waals surface area contributed by atoms with E-state index in [1.54, 1.807) is 0 Å². The molecule has 7 heteroatoms. The van der Waals surface area contributed by atoms with Gasteiger partial charge in [0.15, 0.2) is 0 Å². The fourth-order valence-electron chi connectivity index (χ4n) is 1.90. The van der Waals surface area contributed by atoms with E-state index in [1.165, 1.54) is 0 Å². The first-order valence-corrected chi connectivity index (χ1v) is 7.41. The third-order valence-corrected chi connectivity index (χ3v) is 3.20. The Bertz CT molecular complexity index is 581. The zero-order valence-electron chi connectivity index (χ0n) is 13.4. The van der Waals surface area contributed by atoms with Crippen LogP contribution >= 0.6 is 0 Å². The number of rotatable bonds is 6. The predicted octanol–water partition coefficient (Wildman–Crippen LogP) is -0.754. The van der Waals surface area contributed by atoms with Gasteiger partial charge in [-0.15, -0.1) is 0 Å². The van der Waals surface area contributed by atoms with E-state index >= 15 is 0 Å². The van der Waals surface area contributed by atoms with Crippen LogP contribution in [-0.4, -0.2) is 24.0 Å². The van der Waals surface area contributed by atoms with Gasteiger partial charge in [0.05, 0.1) is 11.9 Å². The molecule has 6 nitrogen and oxygen atoms in total. The molecule has 0 heterocycles. The number of nitrogens with two attached hydrogens (primary N) is 2. The van der Waals surface area contributed by atoms with E-state index in [4.69, 9.17) is 11.5 Å². The molecule has 0 aliphatic carbocycles. The summed E-state index contributed by atoms with van der Waals surface area (Å²) in [6, 6.07) is 16.6. The summed E-state index contributed by atoms with van der Waals surface area (Å²) in [7, 11) is 0. The van der Waals surface area contributed by atoms with Gasteiger partial charge in [-0.2, -0.15) is 0 Å². The van der Waals surface area contributed by atoms with Gasteiger partial charge in [0, 0.05) is 12.1 Å². The van der Waals surface area contributed by atoms with Crippen LogP contribution in [0.3, 0.4) is 0 Å². The van der Waals surface area contributed by atoms with E-state index in [2.05, 4.69) is 0 Å². The molecule has 2 atom stereocenters. The minimum absolute atomic E-state index is 0. The molecule has 0 aliphatic rings. The Balaban J connectivity index is 0. The summed E-state index contributed by atoms with van der Waals surface area (Å²) >= 11 is 0. The van der Waals surface area contributed by atoms with Crippen molar-refractivity contribution in [2.75, 3.05) is 0 Å². The van der Waals surface area contributed by atoms with Gasteiger partial charge >= 0.3 is 20.4 Å². The quantitative estimate of drug-likeness (QED) is 0.556. The van der Waals surface area contributed by atoms with E-state index in [0.29, 0.717) is 12.8 Å². The molecular formula is C19H24N2O4Pd. The van der Waals surface area contributed by atoms with Crippen LogP contribution in [0.25, 0.3) is 0 Å². The smallest absolute Gasteiger partial charge is 0.548 e. The number of hydrogen-bond acceptors (Lipinski definition) is 6. The summed E-state index contributed by atoms with van der Waals surface area (Å²) in [4.78, 5) is 20.5. The summed E-state index contributed by atoms with van der Waals surface area (Å²) in [6.07, 6.45) is 0.645. The number of carbonyl (C=O) groups is 2. The fourth-order valence-corrected chi connectivity index (χ4v) is 1.90. The van der Waals surface area contributed by atoms with E-state index in [1.807, 2.05) is 60.7 Å². The normalized spacial score (nSPS) is 11.5. The van der Waals surface area contributed by atoms with Gasteiger partial charge < -0.3 is 31.3 Å². The molecule has 0 saturated heterocycles. The third kappa shape index (κ3) is 10.7. The first-order chi connectivity index (χ1) is 11.4. The number of carboxylic acids is 2. The van der Waals surface area contributed by atoms with Crippen LogP contribution in [0.5, 0.6) is 0 Å². The van der Waals surface area contributed by atoms with Crippen LogP contribution in [0.1, 0.15) is 18.6 Å². The molecule has 26 heavy (non-hydrogen) atoms. The number of aliphatic carboxylic acids is 2. The molecule has 0 aliphatic heterocycles. The van der Waals surface area contributed by atoms with Crippen molar-refractivity contribution < 1.29 is 40.2 Å². The van der Waals surface area contributed by atoms with Crippen molar-refractivity contribution in [1.82, 2.24) is 0 Å². The minimum atomic E-state index is -1.21. The van der Waals surface area contributed by atoms with Gasteiger partial charge in [-0.05, 0) is 24.0 Å². The van der Waals surface area contributed by atoms with E-state index in [0.717, 1.165) is 11.1 Å². The molecule has 144 valence electrons. The third-order valence-electron chi connectivity index (χ3n) is 3.20. The minimum Gasteiger partial charge on any atom is -0.548 e. The maximum Gasteiger partial charge on any atom is 2.00 e. The van der Waals surface area contributed by atoms with Crippen LogP contribution in [-0.2, 0) is 42.9 Å². The van der Waals surface area contributed by atoms with E-state index in [9.17, 15) is 19.8 Å². The topological polar surface area (TPSA) is 132 Å². The molecule has 2 aromatic rings. The first kappa shape index (κ1) is 26.2. The zero-order chi connectivity index (χ0) is 17.9. The van der Waals surface area contributed by atoms with Gasteiger partial charge in [0.2, 0.25) is 0 Å². The summed E-state index contributed by atoms with van der Waals surface area (Å²) in [6.45, 7) is 0. The van der Waals surface area contributed by atoms with Crippen LogP contribution in [0.15, 0.2) is 60.7 Å². The molecule has 2 rings (SSSR count). The Morgan fingerprint density at radius 3 is 1.23 bits per heavy atom. The second-order valence-corrected chi connectivity index (χ2v) is 5.23. The Morgan fingerprint density at radius 1 is 0.731 bits per heavy atom. The molecule has 0 saturated carbocycles. The molecule has 2 aromatic carbocycles. The first-order valence-electron chi connectivity index (χ1n) is 7.41. The number of benzene rings is 2. The Hall–Kier alpha value is -2.04. The van der Waals surface area contributed by atoms with Crippen molar-refractivity contribution in [2.24, 2.45) is 11.5 Å². The van der Waals surface area contributed by atoms with Crippen LogP contribution in [0, 0.1) is 0 Å². The second kappa shape index (κ2) is 14.2. The molecular weight excluding hydrogens is 427 g/mol. The molecule has 0 aromatic heterocycles. The predicted molar refractivity (Wildman–Crippen MR) is 93.0 cm³/mol. The molecule has 0 radical (unpaired) electrons.